The van der Waals surface area contributed by atoms with E-state index in [0.29, 0.717) is 0 Å². The molecule has 4 aromatic heterocycles. The van der Waals surface area contributed by atoms with Gasteiger partial charge in [0.05, 0.1) is 44.8 Å². The quantitative estimate of drug-likeness (QED) is 0.166. The molecule has 0 bridgehead atoms. The van der Waals surface area contributed by atoms with E-state index in [4.69, 9.17) is 19.9 Å². The summed E-state index contributed by atoms with van der Waals surface area (Å²) in [7, 11) is 0. The van der Waals surface area contributed by atoms with E-state index in [0.717, 1.165) is 78.2 Å². The van der Waals surface area contributed by atoms with E-state index in [9.17, 15) is 0 Å². The second-order valence-corrected chi connectivity index (χ2v) is 32.1. The molecule has 0 N–H and O–H groups in total. The lowest BCUT2D eigenvalue weighted by atomic mass is 9.54. The van der Waals surface area contributed by atoms with Gasteiger partial charge in [0.15, 0.2) is 0 Å². The van der Waals surface area contributed by atoms with Gasteiger partial charge in [-0.05, 0) is 154 Å². The third kappa shape index (κ3) is 9.38. The van der Waals surface area contributed by atoms with Crippen LogP contribution in [0.15, 0.2) is 291 Å². The first-order chi connectivity index (χ1) is 49.6. The predicted molar refractivity (Wildman–Crippen MR) is 435 cm³/mol. The third-order valence-electron chi connectivity index (χ3n) is 23.6. The monoisotopic (exact) mass is 1340 g/mol. The molecule has 0 saturated heterocycles. The van der Waals surface area contributed by atoms with Gasteiger partial charge in [-0.1, -0.05) is 292 Å². The average molecular weight is 1350 g/mol. The first kappa shape index (κ1) is 61.8. The van der Waals surface area contributed by atoms with Crippen LogP contribution in [0.2, 0.25) is 0 Å². The lowest BCUT2D eigenvalue weighted by Gasteiger charge is -2.49. The molecule has 4 heterocycles. The van der Waals surface area contributed by atoms with Crippen LogP contribution in [0.4, 0.5) is 0 Å². The van der Waals surface area contributed by atoms with Crippen LogP contribution in [0, 0.1) is 0 Å². The van der Waals surface area contributed by atoms with Crippen LogP contribution < -0.4 is 0 Å². The molecule has 18 aromatic rings. The summed E-state index contributed by atoms with van der Waals surface area (Å²) in [5.74, 6) is 0. The molecule has 14 aromatic carbocycles. The summed E-state index contributed by atoms with van der Waals surface area (Å²) in [5.41, 5.74) is 26.9. The van der Waals surface area contributed by atoms with Crippen molar-refractivity contribution in [2.24, 2.45) is 0 Å². The first-order valence-corrected chi connectivity index (χ1v) is 37.1. The highest BCUT2D eigenvalue weighted by atomic mass is 32.1. The van der Waals surface area contributed by atoms with Crippen molar-refractivity contribution in [2.45, 2.75) is 77.0 Å². The van der Waals surface area contributed by atoms with E-state index in [1.165, 1.54) is 118 Å². The van der Waals surface area contributed by atoms with Crippen molar-refractivity contribution in [1.82, 2.24) is 19.9 Å². The minimum absolute atomic E-state index is 0.0432. The number of nitrogens with zero attached hydrogens (tertiary/aromatic N) is 4. The number of thiophene rings is 2. The molecule has 0 amide bonds. The number of hydrogen-bond donors (Lipinski definition) is 0. The molecular formula is C96H72N4S2. The molecule has 0 unspecified atom stereocenters. The molecule has 0 radical (unpaired) electrons. The molecule has 4 nitrogen and oxygen atoms in total. The molecule has 0 aliphatic heterocycles. The summed E-state index contributed by atoms with van der Waals surface area (Å²) in [4.78, 5) is 21.0. The van der Waals surface area contributed by atoms with Crippen molar-refractivity contribution >= 4 is 107 Å². The Kier molecular flexibility index (Phi) is 14.0. The van der Waals surface area contributed by atoms with Crippen LogP contribution >= 0.6 is 22.7 Å². The Morgan fingerprint density at radius 1 is 0.245 bits per heavy atom. The minimum atomic E-state index is -0.139. The van der Waals surface area contributed by atoms with Gasteiger partial charge in [0, 0.05) is 73.4 Å². The van der Waals surface area contributed by atoms with Crippen LogP contribution in [0.5, 0.6) is 0 Å². The van der Waals surface area contributed by atoms with E-state index in [1.54, 1.807) is 0 Å². The van der Waals surface area contributed by atoms with Crippen LogP contribution in [-0.4, -0.2) is 19.9 Å². The number of hydrogen-bond acceptors (Lipinski definition) is 6. The maximum Gasteiger partial charge on any atom is 0.0973 e. The Morgan fingerprint density at radius 2 is 0.676 bits per heavy atom. The topological polar surface area (TPSA) is 51.6 Å². The fourth-order valence-electron chi connectivity index (χ4n) is 16.9. The highest BCUT2D eigenvalue weighted by molar-refractivity contribution is 7.26. The zero-order valence-electron chi connectivity index (χ0n) is 58.3. The summed E-state index contributed by atoms with van der Waals surface area (Å²) in [6, 6.07) is 105. The average Bonchev–Trinajstić information content (AvgIpc) is 1.28. The number of benzene rings is 14. The molecule has 2 aliphatic rings. The molecule has 6 heteroatoms. The summed E-state index contributed by atoms with van der Waals surface area (Å²) >= 11 is 3.87. The molecule has 488 valence electrons. The summed E-state index contributed by atoms with van der Waals surface area (Å²) in [5, 5.41) is 10.8. The summed E-state index contributed by atoms with van der Waals surface area (Å²) in [6.07, 6.45) is 0. The fourth-order valence-corrected chi connectivity index (χ4v) is 19.5. The van der Waals surface area contributed by atoms with Gasteiger partial charge in [0.1, 0.15) is 0 Å². The highest BCUT2D eigenvalue weighted by Crippen LogP contribution is 2.61. The lowest BCUT2D eigenvalue weighted by Crippen LogP contribution is -2.43. The van der Waals surface area contributed by atoms with Crippen molar-refractivity contribution in [3.63, 3.8) is 0 Å². The van der Waals surface area contributed by atoms with E-state index in [-0.39, 0.29) is 21.7 Å². The Bertz CT molecular complexity index is 6480. The minimum Gasteiger partial charge on any atom is -0.244 e. The molecule has 0 saturated carbocycles. The largest absolute Gasteiger partial charge is 0.244 e. The van der Waals surface area contributed by atoms with Gasteiger partial charge in [0.25, 0.3) is 0 Å². The second-order valence-electron chi connectivity index (χ2n) is 30.0. The van der Waals surface area contributed by atoms with Crippen molar-refractivity contribution in [3.05, 3.63) is 313 Å². The fraction of sp³-hybridized carbons (Fsp3) is 0.125. The van der Waals surface area contributed by atoms with Crippen LogP contribution in [0.3, 0.4) is 0 Å². The molecular weight excluding hydrogens is 1270 g/mol. The van der Waals surface area contributed by atoms with Crippen LogP contribution in [0.1, 0.15) is 77.6 Å². The van der Waals surface area contributed by atoms with Gasteiger partial charge in [-0.25, -0.2) is 19.9 Å². The molecule has 2 aliphatic carbocycles. The Balaban J connectivity index is 0.000000141. The van der Waals surface area contributed by atoms with E-state index in [2.05, 4.69) is 322 Å². The van der Waals surface area contributed by atoms with Gasteiger partial charge in [0.2, 0.25) is 0 Å². The van der Waals surface area contributed by atoms with Gasteiger partial charge in [-0.15, -0.1) is 22.7 Å². The summed E-state index contributed by atoms with van der Waals surface area (Å²) in [6.45, 7) is 19.5. The standard InChI is InChI=1S/2C48H36N2S/c1-47(2)37-22-14-13-21-35(37)41-33-19-11-12-20-34(33)42-36-27-31(24-26-40(36)51-46(42)43(41)48(47,3)4)32-23-25-38-39(28-32)50-45(30-17-9-6-10-18-30)44(49-38)29-15-7-5-8-16-29;1-47(2)37-27-32(33-20-24-38-39(28-33)50-46(31-16-9-6-10-17-31)45(49-38)30-14-7-5-8-15-30)19-22-35(37)36-23-26-41-43(44(36)48(47,3)4)42-34-18-12-11-13-29(34)21-25-40(42)51-41/h2*5-28H,1-4H3. The zero-order chi connectivity index (χ0) is 69.0. The maximum absolute atomic E-state index is 5.29. The predicted octanol–water partition coefficient (Wildman–Crippen LogP) is 26.8. The third-order valence-corrected chi connectivity index (χ3v) is 25.9. The first-order valence-electron chi connectivity index (χ1n) is 35.5. The number of rotatable bonds is 6. The van der Waals surface area contributed by atoms with E-state index < -0.39 is 0 Å². The zero-order valence-corrected chi connectivity index (χ0v) is 60.0. The summed E-state index contributed by atoms with van der Waals surface area (Å²) < 4.78 is 5.46. The number of fused-ring (bicyclic) bond motifs is 21. The molecule has 0 atom stereocenters. The van der Waals surface area contributed by atoms with Crippen LogP contribution in [0.25, 0.3) is 173 Å². The van der Waals surface area contributed by atoms with Gasteiger partial charge in [-0.2, -0.15) is 0 Å². The highest BCUT2D eigenvalue weighted by Gasteiger charge is 2.49. The van der Waals surface area contributed by atoms with Crippen LogP contribution in [-0.2, 0) is 21.7 Å². The smallest absolute Gasteiger partial charge is 0.0973 e. The Labute approximate surface area is 602 Å². The molecule has 102 heavy (non-hydrogen) atoms. The second kappa shape index (κ2) is 23.1. The van der Waals surface area contributed by atoms with Gasteiger partial charge in [-0.3, -0.25) is 0 Å². The lowest BCUT2D eigenvalue weighted by molar-refractivity contribution is 0.301. The molecule has 20 rings (SSSR count). The SMILES string of the molecule is CC1(C)c2cc(-c3ccc4nc(-c5ccccc5)c(-c5ccccc5)nc4c3)ccc2-c2ccc3sc4ccc5ccccc5c4c3c2C1(C)C.CC1(C)c2ccccc2-c2c(c3sc4ccc(-c5ccc6nc(-c7ccccc7)c(-c7ccccc7)nc6c5)cc4c3c3ccccc23)C1(C)C. The normalized spacial score (nSPS) is 14.6. The van der Waals surface area contributed by atoms with Gasteiger partial charge < -0.3 is 0 Å². The molecule has 0 fully saturated rings. The Morgan fingerprint density at radius 3 is 1.27 bits per heavy atom. The number of aromatic nitrogens is 4. The molecule has 0 spiro atoms. The van der Waals surface area contributed by atoms with Crippen molar-refractivity contribution in [3.8, 4) is 89.5 Å². The van der Waals surface area contributed by atoms with E-state index in [1.807, 2.05) is 46.9 Å². The van der Waals surface area contributed by atoms with Crippen molar-refractivity contribution in [2.75, 3.05) is 0 Å². The van der Waals surface area contributed by atoms with Crippen molar-refractivity contribution in [1.29, 1.82) is 0 Å². The van der Waals surface area contributed by atoms with E-state index >= 15 is 0 Å². The maximum atomic E-state index is 5.29. The Hall–Kier alpha value is -11.3. The van der Waals surface area contributed by atoms with Crippen molar-refractivity contribution < 1.29 is 0 Å². The van der Waals surface area contributed by atoms with Gasteiger partial charge >= 0.3 is 0 Å².